The first-order valence-corrected chi connectivity index (χ1v) is 6.66. The molecule has 2 aromatic carbocycles. The van der Waals surface area contributed by atoms with Gasteiger partial charge in [0.05, 0.1) is 4.92 Å². The van der Waals surface area contributed by atoms with Crippen molar-refractivity contribution >= 4 is 29.6 Å². The number of nitrogens with two attached hydrogens (primary N) is 1. The molecule has 0 heterocycles. The molecular weight excluding hydrogens is 296 g/mol. The predicted molar refractivity (Wildman–Crippen MR) is 88.9 cm³/mol. The van der Waals surface area contributed by atoms with Crippen LogP contribution in [0.25, 0.3) is 6.08 Å². The van der Waals surface area contributed by atoms with E-state index in [2.05, 4.69) is 10.5 Å². The van der Waals surface area contributed by atoms with Gasteiger partial charge < -0.3 is 5.73 Å². The average molecular weight is 310 g/mol. The van der Waals surface area contributed by atoms with Gasteiger partial charge in [0.2, 0.25) is 0 Å². The van der Waals surface area contributed by atoms with E-state index in [9.17, 15) is 14.9 Å². The zero-order chi connectivity index (χ0) is 16.7. The molecule has 7 heteroatoms. The highest BCUT2D eigenvalue weighted by molar-refractivity contribution is 5.95. The lowest BCUT2D eigenvalue weighted by Gasteiger charge is -1.99. The molecule has 7 nitrogen and oxygen atoms in total. The summed E-state index contributed by atoms with van der Waals surface area (Å²) in [7, 11) is 0. The quantitative estimate of drug-likeness (QED) is 0.382. The van der Waals surface area contributed by atoms with Crippen LogP contribution in [0.5, 0.6) is 0 Å². The predicted octanol–water partition coefficient (Wildman–Crippen LogP) is 2.61. The number of non-ortho nitro benzene ring substituents is 1. The summed E-state index contributed by atoms with van der Waals surface area (Å²) in [4.78, 5) is 21.8. The first kappa shape index (κ1) is 15.9. The Morgan fingerprint density at radius 1 is 1.13 bits per heavy atom. The van der Waals surface area contributed by atoms with Crippen LogP contribution >= 0.6 is 0 Å². The highest BCUT2D eigenvalue weighted by Crippen LogP contribution is 2.12. The van der Waals surface area contributed by atoms with Crippen molar-refractivity contribution in [3.63, 3.8) is 0 Å². The molecule has 0 saturated heterocycles. The largest absolute Gasteiger partial charge is 0.399 e. The Labute approximate surface area is 132 Å². The van der Waals surface area contributed by atoms with Crippen LogP contribution in [0.15, 0.2) is 59.7 Å². The van der Waals surface area contributed by atoms with Gasteiger partial charge in [-0.05, 0) is 48.0 Å². The molecule has 0 aromatic heterocycles. The number of carbonyl (C=O) groups is 1. The molecule has 0 atom stereocenters. The van der Waals surface area contributed by atoms with E-state index >= 15 is 0 Å². The second-order valence-corrected chi connectivity index (χ2v) is 4.55. The van der Waals surface area contributed by atoms with E-state index in [1.54, 1.807) is 48.6 Å². The van der Waals surface area contributed by atoms with Gasteiger partial charge in [-0.2, -0.15) is 5.10 Å². The lowest BCUT2D eigenvalue weighted by molar-refractivity contribution is -0.384. The average Bonchev–Trinajstić information content (AvgIpc) is 2.55. The van der Waals surface area contributed by atoms with Crippen molar-refractivity contribution in [2.75, 3.05) is 5.73 Å². The fraction of sp³-hybridized carbons (Fsp3) is 0. The molecule has 3 N–H and O–H groups in total. The van der Waals surface area contributed by atoms with Gasteiger partial charge in [0.25, 0.3) is 11.6 Å². The summed E-state index contributed by atoms with van der Waals surface area (Å²) in [6, 6.07) is 12.5. The first-order valence-electron chi connectivity index (χ1n) is 6.66. The minimum absolute atomic E-state index is 0.0339. The molecule has 0 aliphatic rings. The maximum Gasteiger partial charge on any atom is 0.271 e. The Hall–Kier alpha value is -3.48. The van der Waals surface area contributed by atoms with E-state index in [0.29, 0.717) is 11.3 Å². The van der Waals surface area contributed by atoms with Crippen LogP contribution in [0.1, 0.15) is 15.9 Å². The number of amides is 1. The van der Waals surface area contributed by atoms with Crippen LogP contribution in [0, 0.1) is 10.1 Å². The molecule has 0 unspecified atom stereocenters. The van der Waals surface area contributed by atoms with Gasteiger partial charge in [-0.15, -0.1) is 0 Å². The van der Waals surface area contributed by atoms with Crippen molar-refractivity contribution in [1.29, 1.82) is 0 Å². The van der Waals surface area contributed by atoms with Gasteiger partial charge in [0.1, 0.15) is 0 Å². The van der Waals surface area contributed by atoms with Gasteiger partial charge in [0, 0.05) is 29.6 Å². The molecule has 23 heavy (non-hydrogen) atoms. The molecule has 0 saturated carbocycles. The molecule has 0 radical (unpaired) electrons. The summed E-state index contributed by atoms with van der Waals surface area (Å²) < 4.78 is 0. The van der Waals surface area contributed by atoms with Gasteiger partial charge in [-0.3, -0.25) is 14.9 Å². The zero-order valence-electron chi connectivity index (χ0n) is 12.0. The van der Waals surface area contributed by atoms with E-state index in [4.69, 9.17) is 5.73 Å². The molecule has 0 spiro atoms. The Morgan fingerprint density at radius 2 is 1.78 bits per heavy atom. The molecule has 0 aliphatic carbocycles. The number of hydrogen-bond donors (Lipinski definition) is 2. The highest BCUT2D eigenvalue weighted by atomic mass is 16.6. The van der Waals surface area contributed by atoms with E-state index < -0.39 is 4.92 Å². The van der Waals surface area contributed by atoms with E-state index in [1.807, 2.05) is 0 Å². The SMILES string of the molecule is Nc1ccc(C(=O)N/N=C/C=C/c2ccc([N+](=O)[O-])cc2)cc1. The summed E-state index contributed by atoms with van der Waals surface area (Å²) in [5.74, 6) is -0.343. The smallest absolute Gasteiger partial charge is 0.271 e. The molecule has 0 aliphatic heterocycles. The molecule has 2 rings (SSSR count). The maximum atomic E-state index is 11.7. The molecule has 1 amide bonds. The number of hydrazone groups is 1. The molecular formula is C16H14N4O3. The van der Waals surface area contributed by atoms with Gasteiger partial charge in [0.15, 0.2) is 0 Å². The number of hydrogen-bond acceptors (Lipinski definition) is 5. The molecule has 0 fully saturated rings. The number of carbonyl (C=O) groups excluding carboxylic acids is 1. The van der Waals surface area contributed by atoms with Crippen molar-refractivity contribution in [2.45, 2.75) is 0 Å². The number of nitrogens with zero attached hydrogens (tertiary/aromatic N) is 2. The zero-order valence-corrected chi connectivity index (χ0v) is 12.0. The number of anilines is 1. The Kier molecular flexibility index (Phi) is 5.19. The number of nitro groups is 1. The highest BCUT2D eigenvalue weighted by Gasteiger charge is 2.03. The number of benzene rings is 2. The third-order valence-electron chi connectivity index (χ3n) is 2.89. The summed E-state index contributed by atoms with van der Waals surface area (Å²) in [6.07, 6.45) is 4.74. The Balaban J connectivity index is 1.87. The van der Waals surface area contributed by atoms with Crippen LogP contribution in [-0.4, -0.2) is 17.0 Å². The molecule has 116 valence electrons. The van der Waals surface area contributed by atoms with Gasteiger partial charge in [-0.25, -0.2) is 5.43 Å². The van der Waals surface area contributed by atoms with Crippen molar-refractivity contribution in [3.8, 4) is 0 Å². The van der Waals surface area contributed by atoms with Crippen LogP contribution in [-0.2, 0) is 0 Å². The second kappa shape index (κ2) is 7.51. The van der Waals surface area contributed by atoms with Crippen LogP contribution in [0.2, 0.25) is 0 Å². The third-order valence-corrected chi connectivity index (χ3v) is 2.89. The van der Waals surface area contributed by atoms with E-state index in [1.165, 1.54) is 18.3 Å². The fourth-order valence-electron chi connectivity index (χ4n) is 1.70. The Morgan fingerprint density at radius 3 is 2.39 bits per heavy atom. The molecule has 0 bridgehead atoms. The summed E-state index contributed by atoms with van der Waals surface area (Å²) in [5.41, 5.74) is 9.77. The number of nitro benzene ring substituents is 1. The standard InChI is InChI=1S/C16H14N4O3/c17-14-7-5-13(6-8-14)16(21)19-18-11-1-2-12-3-9-15(10-4-12)20(22)23/h1-11H,17H2,(H,19,21)/b2-1+,18-11+. The summed E-state index contributed by atoms with van der Waals surface area (Å²) in [6.45, 7) is 0. The number of nitrogen functional groups attached to an aromatic ring is 1. The second-order valence-electron chi connectivity index (χ2n) is 4.55. The van der Waals surface area contributed by atoms with Crippen molar-refractivity contribution in [2.24, 2.45) is 5.10 Å². The summed E-state index contributed by atoms with van der Waals surface area (Å²) in [5, 5.41) is 14.3. The maximum absolute atomic E-state index is 11.7. The van der Waals surface area contributed by atoms with E-state index in [0.717, 1.165) is 5.56 Å². The number of rotatable bonds is 5. The molecule has 2 aromatic rings. The van der Waals surface area contributed by atoms with Gasteiger partial charge in [-0.1, -0.05) is 6.08 Å². The van der Waals surface area contributed by atoms with Crippen LogP contribution in [0.4, 0.5) is 11.4 Å². The minimum Gasteiger partial charge on any atom is -0.399 e. The van der Waals surface area contributed by atoms with Crippen molar-refractivity contribution in [1.82, 2.24) is 5.43 Å². The van der Waals surface area contributed by atoms with Crippen molar-refractivity contribution in [3.05, 3.63) is 75.8 Å². The van der Waals surface area contributed by atoms with Crippen LogP contribution in [0.3, 0.4) is 0 Å². The van der Waals surface area contributed by atoms with Crippen molar-refractivity contribution < 1.29 is 9.72 Å². The lowest BCUT2D eigenvalue weighted by Crippen LogP contribution is -2.17. The fourth-order valence-corrected chi connectivity index (χ4v) is 1.70. The normalized spacial score (nSPS) is 11.0. The Bertz CT molecular complexity index is 750. The lowest BCUT2D eigenvalue weighted by atomic mass is 10.2. The van der Waals surface area contributed by atoms with Gasteiger partial charge >= 0.3 is 0 Å². The minimum atomic E-state index is -0.457. The van der Waals surface area contributed by atoms with Crippen LogP contribution < -0.4 is 11.2 Å². The monoisotopic (exact) mass is 310 g/mol. The number of allylic oxidation sites excluding steroid dienone is 1. The van der Waals surface area contributed by atoms with E-state index in [-0.39, 0.29) is 11.6 Å². The third kappa shape index (κ3) is 4.78. The number of nitrogens with one attached hydrogen (secondary N) is 1. The summed E-state index contributed by atoms with van der Waals surface area (Å²) >= 11 is 0. The topological polar surface area (TPSA) is 111 Å². The first-order chi connectivity index (χ1) is 11.1.